The Labute approximate surface area is 78.8 Å². The number of thiophene rings is 1. The van der Waals surface area contributed by atoms with Crippen LogP contribution in [-0.4, -0.2) is 20.8 Å². The maximum absolute atomic E-state index is 11.6. The lowest BCUT2D eigenvalue weighted by atomic mass is 10.2. The summed E-state index contributed by atoms with van der Waals surface area (Å²) in [6.45, 7) is 0. The fourth-order valence-corrected chi connectivity index (χ4v) is 1.66. The third kappa shape index (κ3) is 1.50. The van der Waals surface area contributed by atoms with E-state index in [0.29, 0.717) is 10.6 Å². The van der Waals surface area contributed by atoms with E-state index in [2.05, 4.69) is 10.2 Å². The average molecular weight is 193 g/mol. The first-order valence-corrected chi connectivity index (χ1v) is 4.60. The molecular weight excluding hydrogens is 186 g/mol. The lowest BCUT2D eigenvalue weighted by molar-refractivity contribution is 0.103. The summed E-state index contributed by atoms with van der Waals surface area (Å²) in [4.78, 5) is 13.7. The van der Waals surface area contributed by atoms with Gasteiger partial charge in [-0.15, -0.1) is 11.3 Å². The summed E-state index contributed by atoms with van der Waals surface area (Å²) in [5.41, 5.74) is 0.393. The summed E-state index contributed by atoms with van der Waals surface area (Å²) in [6.07, 6.45) is 1.47. The van der Waals surface area contributed by atoms with Crippen LogP contribution < -0.4 is 0 Å². The van der Waals surface area contributed by atoms with Gasteiger partial charge in [-0.05, 0) is 11.4 Å². The van der Waals surface area contributed by atoms with Crippen molar-refractivity contribution in [3.05, 3.63) is 34.3 Å². The van der Waals surface area contributed by atoms with Crippen molar-refractivity contribution < 1.29 is 4.79 Å². The molecule has 5 heteroatoms. The summed E-state index contributed by atoms with van der Waals surface area (Å²) < 4.78 is 0. The van der Waals surface area contributed by atoms with Crippen LogP contribution >= 0.6 is 11.3 Å². The van der Waals surface area contributed by atoms with Crippen molar-refractivity contribution in [1.29, 1.82) is 0 Å². The molecule has 0 amide bonds. The molecule has 0 spiro atoms. The Hall–Kier alpha value is -1.49. The molecule has 2 heterocycles. The Kier molecular flexibility index (Phi) is 1.94. The first-order valence-electron chi connectivity index (χ1n) is 3.72. The van der Waals surface area contributed by atoms with Gasteiger partial charge in [0.15, 0.2) is 5.69 Å². The van der Waals surface area contributed by atoms with Gasteiger partial charge in [-0.2, -0.15) is 15.0 Å². The van der Waals surface area contributed by atoms with E-state index in [1.54, 1.807) is 13.1 Å². The first-order chi connectivity index (χ1) is 6.27. The molecule has 2 aromatic heterocycles. The second-order valence-electron chi connectivity index (χ2n) is 2.53. The van der Waals surface area contributed by atoms with E-state index in [1.807, 2.05) is 11.4 Å². The molecule has 0 aliphatic rings. The van der Waals surface area contributed by atoms with Gasteiger partial charge in [-0.1, -0.05) is 6.07 Å². The molecule has 0 saturated carbocycles. The molecule has 0 bridgehead atoms. The van der Waals surface area contributed by atoms with Gasteiger partial charge in [0, 0.05) is 7.05 Å². The average Bonchev–Trinajstić information content (AvgIpc) is 2.72. The highest BCUT2D eigenvalue weighted by atomic mass is 32.1. The Bertz CT molecular complexity index is 418. The van der Waals surface area contributed by atoms with Gasteiger partial charge in [0.25, 0.3) is 0 Å². The van der Waals surface area contributed by atoms with Crippen LogP contribution in [0.3, 0.4) is 0 Å². The van der Waals surface area contributed by atoms with Gasteiger partial charge in [0.05, 0.1) is 11.1 Å². The lowest BCUT2D eigenvalue weighted by Crippen LogP contribution is -2.01. The Morgan fingerprint density at radius 2 is 2.46 bits per heavy atom. The maximum atomic E-state index is 11.6. The van der Waals surface area contributed by atoms with Crippen LogP contribution in [-0.2, 0) is 7.05 Å². The molecule has 0 atom stereocenters. The normalized spacial score (nSPS) is 10.2. The number of hydrogen-bond donors (Lipinski definition) is 0. The molecule has 2 aromatic rings. The third-order valence-corrected chi connectivity index (χ3v) is 2.45. The van der Waals surface area contributed by atoms with E-state index < -0.39 is 0 Å². The molecule has 0 radical (unpaired) electrons. The fraction of sp³-hybridized carbons (Fsp3) is 0.125. The molecule has 0 aliphatic heterocycles. The highest BCUT2D eigenvalue weighted by Gasteiger charge is 2.12. The van der Waals surface area contributed by atoms with Crippen molar-refractivity contribution >= 4 is 17.1 Å². The standard InChI is InChI=1S/C8H7N3OS/c1-11-9-5-6(10-11)8(12)7-3-2-4-13-7/h2-5H,1H3. The Balaban J connectivity index is 2.33. The molecule has 0 fully saturated rings. The predicted molar refractivity (Wildman–Crippen MR) is 48.8 cm³/mol. The van der Waals surface area contributed by atoms with Crippen LogP contribution in [0.5, 0.6) is 0 Å². The summed E-state index contributed by atoms with van der Waals surface area (Å²) in [6, 6.07) is 3.62. The smallest absolute Gasteiger partial charge is 0.224 e. The molecule has 0 aliphatic carbocycles. The van der Waals surface area contributed by atoms with Crippen molar-refractivity contribution in [2.75, 3.05) is 0 Å². The maximum Gasteiger partial charge on any atom is 0.224 e. The monoisotopic (exact) mass is 193 g/mol. The third-order valence-electron chi connectivity index (χ3n) is 1.58. The molecular formula is C8H7N3OS. The Morgan fingerprint density at radius 3 is 3.00 bits per heavy atom. The minimum Gasteiger partial charge on any atom is -0.286 e. The van der Waals surface area contributed by atoms with Gasteiger partial charge in [0.2, 0.25) is 5.78 Å². The molecule has 13 heavy (non-hydrogen) atoms. The van der Waals surface area contributed by atoms with E-state index >= 15 is 0 Å². The van der Waals surface area contributed by atoms with Gasteiger partial charge in [-0.25, -0.2) is 0 Å². The van der Waals surface area contributed by atoms with Crippen molar-refractivity contribution in [2.24, 2.45) is 7.05 Å². The number of aromatic nitrogens is 3. The van der Waals surface area contributed by atoms with Crippen molar-refractivity contribution in [3.8, 4) is 0 Å². The van der Waals surface area contributed by atoms with Gasteiger partial charge in [-0.3, -0.25) is 4.79 Å². The van der Waals surface area contributed by atoms with E-state index in [-0.39, 0.29) is 5.78 Å². The molecule has 0 unspecified atom stereocenters. The summed E-state index contributed by atoms with van der Waals surface area (Å²) in [7, 11) is 1.69. The molecule has 0 aromatic carbocycles. The summed E-state index contributed by atoms with van der Waals surface area (Å²) in [5.74, 6) is -0.0666. The quantitative estimate of drug-likeness (QED) is 0.671. The van der Waals surface area contributed by atoms with Crippen molar-refractivity contribution in [1.82, 2.24) is 15.0 Å². The van der Waals surface area contributed by atoms with Crippen LogP contribution in [0.4, 0.5) is 0 Å². The molecule has 0 N–H and O–H groups in total. The minimum atomic E-state index is -0.0666. The lowest BCUT2D eigenvalue weighted by Gasteiger charge is -1.88. The van der Waals surface area contributed by atoms with E-state index in [9.17, 15) is 4.79 Å². The Morgan fingerprint density at radius 1 is 1.62 bits per heavy atom. The largest absolute Gasteiger partial charge is 0.286 e. The predicted octanol–water partition coefficient (Wildman–Crippen LogP) is 1.11. The van der Waals surface area contributed by atoms with Crippen molar-refractivity contribution in [2.45, 2.75) is 0 Å². The van der Waals surface area contributed by atoms with Crippen LogP contribution in [0, 0.1) is 0 Å². The molecule has 2 rings (SSSR count). The van der Waals surface area contributed by atoms with Gasteiger partial charge < -0.3 is 0 Å². The number of carbonyl (C=O) groups excluding carboxylic acids is 1. The summed E-state index contributed by atoms with van der Waals surface area (Å²) in [5, 5.41) is 9.63. The second-order valence-corrected chi connectivity index (χ2v) is 3.47. The SMILES string of the molecule is Cn1ncc(C(=O)c2cccs2)n1. The van der Waals surface area contributed by atoms with Gasteiger partial charge >= 0.3 is 0 Å². The van der Waals surface area contributed by atoms with Crippen LogP contribution in [0.1, 0.15) is 15.4 Å². The van der Waals surface area contributed by atoms with E-state index in [4.69, 9.17) is 0 Å². The number of nitrogens with zero attached hydrogens (tertiary/aromatic N) is 3. The first kappa shape index (κ1) is 8.12. The number of ketones is 1. The zero-order chi connectivity index (χ0) is 9.26. The minimum absolute atomic E-state index is 0.0666. The zero-order valence-electron chi connectivity index (χ0n) is 6.97. The van der Waals surface area contributed by atoms with Crippen molar-refractivity contribution in [3.63, 3.8) is 0 Å². The van der Waals surface area contributed by atoms with Crippen LogP contribution in [0.25, 0.3) is 0 Å². The second kappa shape index (κ2) is 3.10. The number of aryl methyl sites for hydroxylation is 1. The number of carbonyl (C=O) groups is 1. The molecule has 4 nitrogen and oxygen atoms in total. The molecule has 0 saturated heterocycles. The number of hydrogen-bond acceptors (Lipinski definition) is 4. The van der Waals surface area contributed by atoms with E-state index in [0.717, 1.165) is 0 Å². The number of rotatable bonds is 2. The molecule has 66 valence electrons. The van der Waals surface area contributed by atoms with Gasteiger partial charge in [0.1, 0.15) is 0 Å². The fourth-order valence-electron chi connectivity index (χ4n) is 0.984. The summed E-state index contributed by atoms with van der Waals surface area (Å²) >= 11 is 1.41. The highest BCUT2D eigenvalue weighted by molar-refractivity contribution is 7.12. The van der Waals surface area contributed by atoms with E-state index in [1.165, 1.54) is 22.3 Å². The highest BCUT2D eigenvalue weighted by Crippen LogP contribution is 2.12. The topological polar surface area (TPSA) is 47.8 Å². The van der Waals surface area contributed by atoms with Crippen LogP contribution in [0.15, 0.2) is 23.7 Å². The zero-order valence-corrected chi connectivity index (χ0v) is 7.78. The van der Waals surface area contributed by atoms with Crippen LogP contribution in [0.2, 0.25) is 0 Å².